The molecule has 0 aromatic carbocycles. The van der Waals surface area contributed by atoms with Crippen LogP contribution in [0.2, 0.25) is 0 Å². The molecule has 0 spiro atoms. The SMILES string of the molecule is CC/C=C\C/C=C\C/C=C\C/C=C\CCCCCCCCCCCCCCCCCCC(=O)OC(COC(=O)CCCCCCCCCCC/C=C\CCCCCCCC)COC(OCC[N+](C)(C)C)C(=O)[O-]. The van der Waals surface area contributed by atoms with Gasteiger partial charge in [0.2, 0.25) is 0 Å². The van der Waals surface area contributed by atoms with E-state index in [-0.39, 0.29) is 32.2 Å². The van der Waals surface area contributed by atoms with Gasteiger partial charge in [-0.1, -0.05) is 242 Å². The van der Waals surface area contributed by atoms with Gasteiger partial charge < -0.3 is 33.3 Å². The van der Waals surface area contributed by atoms with Crippen molar-refractivity contribution >= 4 is 17.9 Å². The monoisotopic (exact) mass is 1030 g/mol. The molecular weight excluding hydrogens is 911 g/mol. The lowest BCUT2D eigenvalue weighted by Gasteiger charge is -2.26. The Morgan fingerprint density at radius 3 is 1.18 bits per heavy atom. The van der Waals surface area contributed by atoms with Crippen molar-refractivity contribution in [1.29, 1.82) is 0 Å². The number of esters is 2. The van der Waals surface area contributed by atoms with Crippen molar-refractivity contribution in [3.8, 4) is 0 Å². The van der Waals surface area contributed by atoms with Gasteiger partial charge in [-0.2, -0.15) is 0 Å². The number of carbonyl (C=O) groups is 3. The Bertz CT molecular complexity index is 1380. The number of unbranched alkanes of at least 4 members (excludes halogenated alkanes) is 31. The number of carboxylic acids is 1. The van der Waals surface area contributed by atoms with Crippen molar-refractivity contribution in [2.45, 2.75) is 283 Å². The molecule has 424 valence electrons. The fourth-order valence-electron chi connectivity index (χ4n) is 8.58. The first kappa shape index (κ1) is 70.0. The molecule has 73 heavy (non-hydrogen) atoms. The van der Waals surface area contributed by atoms with Crippen LogP contribution in [-0.2, 0) is 33.3 Å². The van der Waals surface area contributed by atoms with Crippen LogP contribution in [-0.4, -0.2) is 82.3 Å². The normalized spacial score (nSPS) is 13.2. The number of aliphatic carboxylic acids is 1. The van der Waals surface area contributed by atoms with Gasteiger partial charge in [-0.3, -0.25) is 9.59 Å². The summed E-state index contributed by atoms with van der Waals surface area (Å²) in [6.45, 7) is 4.66. The predicted octanol–water partition coefficient (Wildman–Crippen LogP) is 16.7. The molecule has 0 aromatic heterocycles. The predicted molar refractivity (Wildman–Crippen MR) is 306 cm³/mol. The maximum atomic E-state index is 12.9. The van der Waals surface area contributed by atoms with Crippen LogP contribution in [0, 0.1) is 0 Å². The van der Waals surface area contributed by atoms with Gasteiger partial charge in [0, 0.05) is 12.8 Å². The topological polar surface area (TPSA) is 111 Å². The van der Waals surface area contributed by atoms with Gasteiger partial charge in [-0.15, -0.1) is 0 Å². The van der Waals surface area contributed by atoms with Crippen LogP contribution < -0.4 is 5.11 Å². The van der Waals surface area contributed by atoms with Crippen molar-refractivity contribution in [2.24, 2.45) is 0 Å². The van der Waals surface area contributed by atoms with E-state index in [2.05, 4.69) is 74.6 Å². The van der Waals surface area contributed by atoms with Crippen LogP contribution in [0.3, 0.4) is 0 Å². The van der Waals surface area contributed by atoms with Gasteiger partial charge in [0.25, 0.3) is 0 Å². The fourth-order valence-corrected chi connectivity index (χ4v) is 8.58. The number of quaternary nitrogens is 1. The molecule has 9 heteroatoms. The number of hydrogen-bond acceptors (Lipinski definition) is 8. The number of rotatable bonds is 56. The molecule has 0 aliphatic heterocycles. The minimum Gasteiger partial charge on any atom is -0.545 e. The zero-order valence-electron chi connectivity index (χ0n) is 48.3. The summed E-state index contributed by atoms with van der Waals surface area (Å²) in [6, 6.07) is 0. The second-order valence-corrected chi connectivity index (χ2v) is 21.6. The van der Waals surface area contributed by atoms with Crippen molar-refractivity contribution in [3.05, 3.63) is 60.8 Å². The highest BCUT2D eigenvalue weighted by Crippen LogP contribution is 2.17. The second-order valence-electron chi connectivity index (χ2n) is 21.6. The van der Waals surface area contributed by atoms with Gasteiger partial charge in [0.1, 0.15) is 13.2 Å². The van der Waals surface area contributed by atoms with Crippen molar-refractivity contribution < 1.29 is 42.9 Å². The largest absolute Gasteiger partial charge is 0.545 e. The number of ether oxygens (including phenoxy) is 4. The van der Waals surface area contributed by atoms with E-state index < -0.39 is 24.3 Å². The average Bonchev–Trinajstić information content (AvgIpc) is 3.36. The second kappa shape index (κ2) is 55.2. The first-order chi connectivity index (χ1) is 35.6. The number of carbonyl (C=O) groups excluding carboxylic acids is 3. The van der Waals surface area contributed by atoms with E-state index in [1.54, 1.807) is 0 Å². The van der Waals surface area contributed by atoms with E-state index in [4.69, 9.17) is 18.9 Å². The van der Waals surface area contributed by atoms with Crippen LogP contribution >= 0.6 is 0 Å². The maximum absolute atomic E-state index is 12.9. The fraction of sp³-hybridized carbons (Fsp3) is 0.797. The molecule has 0 aliphatic rings. The maximum Gasteiger partial charge on any atom is 0.306 e. The first-order valence-electron chi connectivity index (χ1n) is 30.4. The van der Waals surface area contributed by atoms with Crippen LogP contribution in [0.1, 0.15) is 271 Å². The summed E-state index contributed by atoms with van der Waals surface area (Å²) in [5, 5.41) is 11.8. The van der Waals surface area contributed by atoms with Crippen LogP contribution in [0.25, 0.3) is 0 Å². The summed E-state index contributed by atoms with van der Waals surface area (Å²) in [5.74, 6) is -2.27. The van der Waals surface area contributed by atoms with E-state index in [0.717, 1.165) is 57.8 Å². The van der Waals surface area contributed by atoms with Crippen LogP contribution in [0.15, 0.2) is 60.8 Å². The minimum atomic E-state index is -1.62. The van der Waals surface area contributed by atoms with Crippen LogP contribution in [0.5, 0.6) is 0 Å². The number of allylic oxidation sites excluding steroid dienone is 10. The Morgan fingerprint density at radius 2 is 0.781 bits per heavy atom. The molecule has 0 amide bonds. The summed E-state index contributed by atoms with van der Waals surface area (Å²) in [6.07, 6.45) is 67.0. The van der Waals surface area contributed by atoms with E-state index in [1.165, 1.54) is 180 Å². The Labute approximate surface area is 450 Å². The molecule has 0 heterocycles. The minimum absolute atomic E-state index is 0.147. The number of likely N-dealkylation sites (N-methyl/N-ethyl adjacent to an activating group) is 1. The van der Waals surface area contributed by atoms with Crippen molar-refractivity contribution in [2.75, 3.05) is 47.5 Å². The molecule has 2 unspecified atom stereocenters. The lowest BCUT2D eigenvalue weighted by Crippen LogP contribution is -2.44. The average molecular weight is 1030 g/mol. The molecule has 0 bridgehead atoms. The van der Waals surface area contributed by atoms with Gasteiger partial charge in [-0.05, 0) is 77.0 Å². The lowest BCUT2D eigenvalue weighted by molar-refractivity contribution is -0.870. The van der Waals surface area contributed by atoms with Gasteiger partial charge in [0.05, 0.1) is 40.3 Å². The molecule has 0 aliphatic carbocycles. The van der Waals surface area contributed by atoms with E-state index in [9.17, 15) is 19.5 Å². The molecule has 0 saturated carbocycles. The Morgan fingerprint density at radius 1 is 0.425 bits per heavy atom. The van der Waals surface area contributed by atoms with Crippen molar-refractivity contribution in [1.82, 2.24) is 0 Å². The van der Waals surface area contributed by atoms with E-state index in [1.807, 2.05) is 21.1 Å². The third kappa shape index (κ3) is 56.6. The molecule has 0 fully saturated rings. The third-order valence-corrected chi connectivity index (χ3v) is 13.2. The molecular formula is C64H115NO8. The Kier molecular flexibility index (Phi) is 53.0. The molecule has 0 rings (SSSR count). The van der Waals surface area contributed by atoms with Gasteiger partial charge >= 0.3 is 11.9 Å². The smallest absolute Gasteiger partial charge is 0.306 e. The van der Waals surface area contributed by atoms with Gasteiger partial charge in [0.15, 0.2) is 12.4 Å². The highest BCUT2D eigenvalue weighted by atomic mass is 16.7. The number of nitrogens with zero attached hydrogens (tertiary/aromatic N) is 1. The molecule has 0 N–H and O–H groups in total. The summed E-state index contributed by atoms with van der Waals surface area (Å²) < 4.78 is 22.7. The highest BCUT2D eigenvalue weighted by molar-refractivity contribution is 5.70. The number of hydrogen-bond donors (Lipinski definition) is 0. The highest BCUT2D eigenvalue weighted by Gasteiger charge is 2.22. The summed E-state index contributed by atoms with van der Waals surface area (Å²) in [4.78, 5) is 37.3. The van der Waals surface area contributed by atoms with E-state index in [0.29, 0.717) is 23.9 Å². The molecule has 9 nitrogen and oxygen atoms in total. The third-order valence-electron chi connectivity index (χ3n) is 13.2. The molecule has 0 aromatic rings. The number of carboxylic acid groups (broad SMARTS) is 1. The van der Waals surface area contributed by atoms with Gasteiger partial charge in [-0.25, -0.2) is 0 Å². The Balaban J connectivity index is 4.17. The standard InChI is InChI=1S/C64H115NO8/c1-6-8-10-12-14-16-18-20-22-24-26-27-28-29-30-31-32-33-34-35-37-39-41-43-45-47-49-51-53-55-62(67)73-60(59-72-64(63(68)69)70-57-56-65(3,4)5)58-71-61(66)54-52-50-48-46-44-42-40-38-36-25-23-21-19-17-15-13-11-9-7-2/h8,10,14,16,20-23,26-27,60,64H,6-7,9,11-13,15,17-19,24-25,28-59H2,1-5H3/b10-8-,16-14-,22-20-,23-21-,27-26-. The first-order valence-corrected chi connectivity index (χ1v) is 30.4. The molecule has 0 saturated heterocycles. The Hall–Kier alpha value is -3.01. The zero-order valence-corrected chi connectivity index (χ0v) is 48.3. The van der Waals surface area contributed by atoms with E-state index >= 15 is 0 Å². The molecule has 0 radical (unpaired) electrons. The molecule has 2 atom stereocenters. The quantitative estimate of drug-likeness (QED) is 0.0195. The summed E-state index contributed by atoms with van der Waals surface area (Å²) >= 11 is 0. The van der Waals surface area contributed by atoms with Crippen LogP contribution in [0.4, 0.5) is 0 Å². The summed E-state index contributed by atoms with van der Waals surface area (Å²) in [5.41, 5.74) is 0. The zero-order chi connectivity index (χ0) is 53.4. The van der Waals surface area contributed by atoms with Crippen molar-refractivity contribution in [3.63, 3.8) is 0 Å². The summed E-state index contributed by atoms with van der Waals surface area (Å²) in [7, 11) is 5.93. The lowest BCUT2D eigenvalue weighted by atomic mass is 10.0.